The van der Waals surface area contributed by atoms with Crippen molar-refractivity contribution in [3.05, 3.63) is 33.6 Å². The molecule has 66 valence electrons. The van der Waals surface area contributed by atoms with Gasteiger partial charge >= 0.3 is 0 Å². The van der Waals surface area contributed by atoms with Crippen molar-refractivity contribution in [2.45, 2.75) is 0 Å². The van der Waals surface area contributed by atoms with Gasteiger partial charge in [-0.1, -0.05) is 0 Å². The van der Waals surface area contributed by atoms with Gasteiger partial charge in [0, 0.05) is 6.07 Å². The fraction of sp³-hybridized carbons (Fsp3) is 0. The molecule has 0 aliphatic rings. The van der Waals surface area contributed by atoms with Gasteiger partial charge in [0.05, 0.1) is 10.5 Å². The van der Waals surface area contributed by atoms with Crippen molar-refractivity contribution in [3.63, 3.8) is 0 Å². The molecule has 0 bridgehead atoms. The van der Waals surface area contributed by atoms with Gasteiger partial charge in [-0.3, -0.25) is 14.9 Å². The van der Waals surface area contributed by atoms with Crippen LogP contribution >= 0.6 is 0 Å². The van der Waals surface area contributed by atoms with Gasteiger partial charge in [-0.25, -0.2) is 4.39 Å². The Morgan fingerprint density at radius 1 is 1.54 bits per heavy atom. The standard InChI is InChI=1S/C7H5BFNO3/c8-5-2-6(9)4(3-11)1-7(5)10(12)13/h1-3H,8H2. The van der Waals surface area contributed by atoms with Crippen LogP contribution in [-0.4, -0.2) is 19.1 Å². The van der Waals surface area contributed by atoms with Gasteiger partial charge in [0.15, 0.2) is 6.29 Å². The highest BCUT2D eigenvalue weighted by atomic mass is 19.1. The molecular weight excluding hydrogens is 176 g/mol. The second kappa shape index (κ2) is 3.34. The van der Waals surface area contributed by atoms with Gasteiger partial charge in [0.1, 0.15) is 13.7 Å². The number of nitrogens with zero attached hydrogens (tertiary/aromatic N) is 1. The number of aldehydes is 1. The van der Waals surface area contributed by atoms with Crippen LogP contribution < -0.4 is 5.46 Å². The molecule has 1 aromatic carbocycles. The van der Waals surface area contributed by atoms with E-state index < -0.39 is 10.7 Å². The zero-order valence-corrected chi connectivity index (χ0v) is 6.78. The number of rotatable bonds is 2. The third kappa shape index (κ3) is 1.72. The summed E-state index contributed by atoms with van der Waals surface area (Å²) in [4.78, 5) is 20.0. The molecule has 6 heteroatoms. The summed E-state index contributed by atoms with van der Waals surface area (Å²) in [6.45, 7) is 0. The van der Waals surface area contributed by atoms with Gasteiger partial charge < -0.3 is 0 Å². The largest absolute Gasteiger partial charge is 0.298 e. The van der Waals surface area contributed by atoms with Crippen LogP contribution in [-0.2, 0) is 0 Å². The van der Waals surface area contributed by atoms with Gasteiger partial charge in [-0.15, -0.1) is 0 Å². The quantitative estimate of drug-likeness (QED) is 0.275. The summed E-state index contributed by atoms with van der Waals surface area (Å²) in [5.41, 5.74) is -0.339. The number of carbonyl (C=O) groups excluding carboxylic acids is 1. The molecular formula is C7H5BFNO3. The van der Waals surface area contributed by atoms with Crippen LogP contribution in [0.4, 0.5) is 10.1 Å². The SMILES string of the molecule is Bc1cc(F)c(C=O)cc1[N+](=O)[O-]. The summed E-state index contributed by atoms with van der Waals surface area (Å²) in [7, 11) is 1.41. The molecule has 4 nitrogen and oxygen atoms in total. The maximum atomic E-state index is 12.8. The third-order valence-electron chi connectivity index (χ3n) is 1.64. The minimum Gasteiger partial charge on any atom is -0.298 e. The maximum Gasteiger partial charge on any atom is 0.264 e. The first-order valence-corrected chi connectivity index (χ1v) is 3.46. The lowest BCUT2D eigenvalue weighted by atomic mass is 9.93. The molecule has 0 aliphatic heterocycles. The second-order valence-corrected chi connectivity index (χ2v) is 2.54. The van der Waals surface area contributed by atoms with E-state index in [9.17, 15) is 19.3 Å². The predicted octanol–water partition coefficient (Wildman–Crippen LogP) is -0.195. The van der Waals surface area contributed by atoms with Gasteiger partial charge in [-0.2, -0.15) is 0 Å². The van der Waals surface area contributed by atoms with Crippen LogP contribution in [0.3, 0.4) is 0 Å². The van der Waals surface area contributed by atoms with E-state index in [0.717, 1.165) is 12.1 Å². The molecule has 0 amide bonds. The molecule has 0 spiro atoms. The molecule has 0 fully saturated rings. The van der Waals surface area contributed by atoms with E-state index in [4.69, 9.17) is 0 Å². The van der Waals surface area contributed by atoms with Gasteiger partial charge in [0.25, 0.3) is 5.69 Å². The Labute approximate surface area is 73.9 Å². The highest BCUT2D eigenvalue weighted by Crippen LogP contribution is 2.12. The molecule has 0 unspecified atom stereocenters. The number of nitro groups is 1. The van der Waals surface area contributed by atoms with Crippen molar-refractivity contribution in [2.24, 2.45) is 0 Å². The Morgan fingerprint density at radius 2 is 2.15 bits per heavy atom. The lowest BCUT2D eigenvalue weighted by Crippen LogP contribution is -2.11. The molecule has 0 aromatic heterocycles. The smallest absolute Gasteiger partial charge is 0.264 e. The molecule has 13 heavy (non-hydrogen) atoms. The lowest BCUT2D eigenvalue weighted by Gasteiger charge is -1.98. The monoisotopic (exact) mass is 181 g/mol. The Kier molecular flexibility index (Phi) is 2.41. The Morgan fingerprint density at radius 3 is 2.62 bits per heavy atom. The first kappa shape index (κ1) is 9.37. The van der Waals surface area contributed by atoms with E-state index in [1.54, 1.807) is 0 Å². The number of hydrogen-bond acceptors (Lipinski definition) is 3. The van der Waals surface area contributed by atoms with Crippen molar-refractivity contribution < 1.29 is 14.1 Å². The van der Waals surface area contributed by atoms with Crippen LogP contribution in [0.5, 0.6) is 0 Å². The van der Waals surface area contributed by atoms with E-state index in [1.807, 2.05) is 0 Å². The van der Waals surface area contributed by atoms with E-state index in [2.05, 4.69) is 0 Å². The number of nitro benzene ring substituents is 1. The number of hydrogen-bond donors (Lipinski definition) is 0. The molecule has 0 saturated carbocycles. The summed E-state index contributed by atoms with van der Waals surface area (Å²) >= 11 is 0. The van der Waals surface area contributed by atoms with Crippen LogP contribution in [0, 0.1) is 15.9 Å². The molecule has 0 atom stereocenters. The van der Waals surface area contributed by atoms with E-state index >= 15 is 0 Å². The van der Waals surface area contributed by atoms with Gasteiger partial charge in [0.2, 0.25) is 0 Å². The van der Waals surface area contributed by atoms with Crippen LogP contribution in [0.1, 0.15) is 10.4 Å². The minimum absolute atomic E-state index is 0.202. The maximum absolute atomic E-state index is 12.8. The van der Waals surface area contributed by atoms with Crippen molar-refractivity contribution in [1.82, 2.24) is 0 Å². The van der Waals surface area contributed by atoms with Crippen molar-refractivity contribution in [2.75, 3.05) is 0 Å². The molecule has 1 rings (SSSR count). The van der Waals surface area contributed by atoms with Crippen molar-refractivity contribution >= 4 is 25.3 Å². The van der Waals surface area contributed by atoms with Crippen molar-refractivity contribution in [1.29, 1.82) is 0 Å². The fourth-order valence-corrected chi connectivity index (χ4v) is 0.964. The van der Waals surface area contributed by atoms with Crippen molar-refractivity contribution in [3.8, 4) is 0 Å². The summed E-state index contributed by atoms with van der Waals surface area (Å²) in [5.74, 6) is -0.738. The summed E-state index contributed by atoms with van der Waals surface area (Å²) in [6, 6.07) is 1.90. The highest BCUT2D eigenvalue weighted by molar-refractivity contribution is 6.35. The number of halogens is 1. The Balaban J connectivity index is 3.38. The van der Waals surface area contributed by atoms with Crippen LogP contribution in [0.25, 0.3) is 0 Å². The average Bonchev–Trinajstić information content (AvgIpc) is 2.03. The average molecular weight is 181 g/mol. The van der Waals surface area contributed by atoms with E-state index in [1.165, 1.54) is 7.85 Å². The first-order valence-electron chi connectivity index (χ1n) is 3.46. The number of benzene rings is 1. The first-order chi connectivity index (χ1) is 6.06. The topological polar surface area (TPSA) is 60.2 Å². The third-order valence-corrected chi connectivity index (χ3v) is 1.64. The predicted molar refractivity (Wildman–Crippen MR) is 46.6 cm³/mol. The molecule has 0 radical (unpaired) electrons. The minimum atomic E-state index is -0.738. The summed E-state index contributed by atoms with van der Waals surface area (Å²) < 4.78 is 12.8. The molecule has 0 aliphatic carbocycles. The molecule has 0 N–H and O–H groups in total. The molecule has 0 saturated heterocycles. The molecule has 1 aromatic rings. The number of carbonyl (C=O) groups is 1. The zero-order chi connectivity index (χ0) is 10.0. The summed E-state index contributed by atoms with van der Waals surface area (Å²) in [5, 5.41) is 10.4. The zero-order valence-electron chi connectivity index (χ0n) is 6.78. The van der Waals surface area contributed by atoms with E-state index in [0.29, 0.717) is 0 Å². The highest BCUT2D eigenvalue weighted by Gasteiger charge is 2.14. The Hall–Kier alpha value is -1.72. The summed E-state index contributed by atoms with van der Waals surface area (Å²) in [6.07, 6.45) is 0.252. The lowest BCUT2D eigenvalue weighted by molar-refractivity contribution is -0.383. The van der Waals surface area contributed by atoms with E-state index in [-0.39, 0.29) is 23.0 Å². The van der Waals surface area contributed by atoms with Crippen LogP contribution in [0.2, 0.25) is 0 Å². The fourth-order valence-electron chi connectivity index (χ4n) is 0.964. The normalized spacial score (nSPS) is 9.62. The second-order valence-electron chi connectivity index (χ2n) is 2.54. The van der Waals surface area contributed by atoms with Gasteiger partial charge in [-0.05, 0) is 11.5 Å². The molecule has 0 heterocycles. The van der Waals surface area contributed by atoms with Crippen LogP contribution in [0.15, 0.2) is 12.1 Å². The Bertz CT molecular complexity index is 380.